The van der Waals surface area contributed by atoms with E-state index < -0.39 is 6.10 Å². The van der Waals surface area contributed by atoms with Crippen molar-refractivity contribution in [2.24, 2.45) is 7.05 Å². The van der Waals surface area contributed by atoms with Gasteiger partial charge < -0.3 is 19.7 Å². The number of pyridine rings is 2. The summed E-state index contributed by atoms with van der Waals surface area (Å²) in [6.07, 6.45) is 4.12. The molecule has 1 aliphatic rings. The SMILES string of the molecule is Cn1ccc2c(Cc3ccc(Cl)nc3)cc(C(=O)N[C@@H]3CCOC[C@H]3O)nc21. The Balaban J connectivity index is 1.65. The van der Waals surface area contributed by atoms with Gasteiger partial charge in [0.1, 0.15) is 16.5 Å². The fraction of sp³-hybridized carbons (Fsp3) is 0.350. The lowest BCUT2D eigenvalue weighted by Gasteiger charge is -2.28. The third kappa shape index (κ3) is 3.87. The minimum atomic E-state index is -0.712. The highest BCUT2D eigenvalue weighted by Crippen LogP contribution is 2.23. The number of hydrogen-bond acceptors (Lipinski definition) is 5. The van der Waals surface area contributed by atoms with Gasteiger partial charge in [-0.1, -0.05) is 17.7 Å². The van der Waals surface area contributed by atoms with Crippen molar-refractivity contribution in [1.82, 2.24) is 19.9 Å². The molecule has 3 aromatic rings. The number of rotatable bonds is 4. The first kappa shape index (κ1) is 18.9. The molecule has 1 saturated heterocycles. The van der Waals surface area contributed by atoms with Crippen LogP contribution in [0.3, 0.4) is 0 Å². The van der Waals surface area contributed by atoms with Gasteiger partial charge in [-0.2, -0.15) is 0 Å². The van der Waals surface area contributed by atoms with Gasteiger partial charge in [0.2, 0.25) is 0 Å². The number of fused-ring (bicyclic) bond motifs is 1. The molecule has 0 bridgehead atoms. The quantitative estimate of drug-likeness (QED) is 0.654. The molecule has 4 rings (SSSR count). The maximum absolute atomic E-state index is 12.8. The monoisotopic (exact) mass is 400 g/mol. The largest absolute Gasteiger partial charge is 0.389 e. The van der Waals surface area contributed by atoms with Crippen molar-refractivity contribution in [2.45, 2.75) is 25.0 Å². The number of aromatic nitrogens is 3. The number of hydrogen-bond donors (Lipinski definition) is 2. The molecule has 8 heteroatoms. The number of carbonyl (C=O) groups excluding carboxylic acids is 1. The maximum atomic E-state index is 12.8. The minimum absolute atomic E-state index is 0.226. The van der Waals surface area contributed by atoms with Crippen LogP contribution in [0.5, 0.6) is 0 Å². The number of amides is 1. The van der Waals surface area contributed by atoms with Crippen molar-refractivity contribution < 1.29 is 14.6 Å². The van der Waals surface area contributed by atoms with Gasteiger partial charge in [0.15, 0.2) is 0 Å². The molecule has 0 unspecified atom stereocenters. The zero-order valence-electron chi connectivity index (χ0n) is 15.4. The molecule has 2 N–H and O–H groups in total. The van der Waals surface area contributed by atoms with Crippen LogP contribution in [-0.2, 0) is 18.2 Å². The Hall–Kier alpha value is -2.48. The number of aliphatic hydroxyl groups is 1. The van der Waals surface area contributed by atoms with Gasteiger partial charge in [-0.25, -0.2) is 9.97 Å². The maximum Gasteiger partial charge on any atom is 0.270 e. The third-order valence-corrected chi connectivity index (χ3v) is 5.21. The van der Waals surface area contributed by atoms with Gasteiger partial charge in [0, 0.05) is 31.4 Å². The summed E-state index contributed by atoms with van der Waals surface area (Å²) >= 11 is 5.88. The topological polar surface area (TPSA) is 89.3 Å². The average molecular weight is 401 g/mol. The summed E-state index contributed by atoms with van der Waals surface area (Å²) in [7, 11) is 1.90. The Labute approximate surface area is 167 Å². The number of aryl methyl sites for hydroxylation is 1. The summed E-state index contributed by atoms with van der Waals surface area (Å²) in [5, 5.41) is 14.4. The lowest BCUT2D eigenvalue weighted by molar-refractivity contribution is -0.0261. The molecule has 3 aromatic heterocycles. The summed E-state index contributed by atoms with van der Waals surface area (Å²) in [5.41, 5.74) is 3.03. The van der Waals surface area contributed by atoms with Crippen LogP contribution < -0.4 is 5.32 Å². The Bertz CT molecular complexity index is 1000. The van der Waals surface area contributed by atoms with Crippen molar-refractivity contribution in [3.8, 4) is 0 Å². The van der Waals surface area contributed by atoms with Crippen molar-refractivity contribution in [1.29, 1.82) is 0 Å². The van der Waals surface area contributed by atoms with Crippen LogP contribution in [-0.4, -0.2) is 50.9 Å². The average Bonchev–Trinajstić information content (AvgIpc) is 3.07. The molecule has 0 radical (unpaired) electrons. The standard InChI is InChI=1S/C20H21ClN4O3/c1-25-6-4-14-13(8-12-2-3-18(21)22-10-12)9-16(23-19(14)25)20(27)24-15-5-7-28-11-17(15)26/h2-4,6,9-10,15,17,26H,5,7-8,11H2,1H3,(H,24,27)/t15-,17-/m1/s1. The second-order valence-electron chi connectivity index (χ2n) is 7.01. The Morgan fingerprint density at radius 2 is 2.29 bits per heavy atom. The number of nitrogens with zero attached hydrogens (tertiary/aromatic N) is 3. The van der Waals surface area contributed by atoms with Crippen molar-refractivity contribution in [2.75, 3.05) is 13.2 Å². The lowest BCUT2D eigenvalue weighted by Crippen LogP contribution is -2.48. The minimum Gasteiger partial charge on any atom is -0.389 e. The molecule has 1 aliphatic heterocycles. The van der Waals surface area contributed by atoms with E-state index >= 15 is 0 Å². The number of ether oxygens (including phenoxy) is 1. The Morgan fingerprint density at radius 3 is 3.04 bits per heavy atom. The van der Waals surface area contributed by atoms with Gasteiger partial charge in [0.05, 0.1) is 18.8 Å². The molecule has 4 heterocycles. The normalized spacial score (nSPS) is 19.7. The first-order valence-electron chi connectivity index (χ1n) is 9.13. The predicted octanol–water partition coefficient (Wildman–Crippen LogP) is 2.09. The Morgan fingerprint density at radius 1 is 1.43 bits per heavy atom. The van der Waals surface area contributed by atoms with E-state index in [2.05, 4.69) is 15.3 Å². The molecule has 7 nitrogen and oxygen atoms in total. The molecule has 1 amide bonds. The molecule has 0 saturated carbocycles. The van der Waals surface area contributed by atoms with Crippen molar-refractivity contribution >= 4 is 28.5 Å². The summed E-state index contributed by atoms with van der Waals surface area (Å²) in [6.45, 7) is 0.741. The lowest BCUT2D eigenvalue weighted by atomic mass is 10.0. The highest BCUT2D eigenvalue weighted by molar-refractivity contribution is 6.29. The molecule has 2 atom stereocenters. The number of aliphatic hydroxyl groups excluding tert-OH is 1. The van der Waals surface area contributed by atoms with E-state index in [0.717, 1.165) is 22.2 Å². The van der Waals surface area contributed by atoms with Crippen LogP contribution in [0.15, 0.2) is 36.7 Å². The first-order valence-corrected chi connectivity index (χ1v) is 9.51. The molecule has 0 aromatic carbocycles. The number of halogens is 1. The van der Waals surface area contributed by atoms with E-state index in [4.69, 9.17) is 16.3 Å². The molecule has 146 valence electrons. The Kier molecular flexibility index (Phi) is 5.30. The summed E-state index contributed by atoms with van der Waals surface area (Å²) in [6, 6.07) is 7.13. The second-order valence-corrected chi connectivity index (χ2v) is 7.39. The van der Waals surface area contributed by atoms with E-state index in [1.165, 1.54) is 0 Å². The molecular weight excluding hydrogens is 380 g/mol. The number of nitrogens with one attached hydrogen (secondary N) is 1. The van der Waals surface area contributed by atoms with E-state index in [9.17, 15) is 9.90 Å². The molecule has 28 heavy (non-hydrogen) atoms. The van der Waals surface area contributed by atoms with Crippen LogP contribution in [0.4, 0.5) is 0 Å². The first-order chi connectivity index (χ1) is 13.5. The van der Waals surface area contributed by atoms with Crippen molar-refractivity contribution in [3.05, 3.63) is 58.6 Å². The van der Waals surface area contributed by atoms with Gasteiger partial charge in [-0.05, 0) is 42.2 Å². The number of carbonyl (C=O) groups is 1. The smallest absolute Gasteiger partial charge is 0.270 e. The van der Waals surface area contributed by atoms with E-state index in [1.54, 1.807) is 18.3 Å². The summed E-state index contributed by atoms with van der Waals surface area (Å²) < 4.78 is 7.11. The zero-order chi connectivity index (χ0) is 19.7. The van der Waals surface area contributed by atoms with Gasteiger partial charge >= 0.3 is 0 Å². The fourth-order valence-electron chi connectivity index (χ4n) is 3.43. The molecule has 0 spiro atoms. The van der Waals surface area contributed by atoms with Crippen LogP contribution in [0.25, 0.3) is 11.0 Å². The summed E-state index contributed by atoms with van der Waals surface area (Å²) in [4.78, 5) is 21.5. The predicted molar refractivity (Wildman–Crippen MR) is 105 cm³/mol. The van der Waals surface area contributed by atoms with E-state index in [1.807, 2.05) is 29.9 Å². The molecule has 1 fully saturated rings. The van der Waals surface area contributed by atoms with Crippen LogP contribution in [0, 0.1) is 0 Å². The highest BCUT2D eigenvalue weighted by Gasteiger charge is 2.26. The van der Waals surface area contributed by atoms with Crippen molar-refractivity contribution in [3.63, 3.8) is 0 Å². The van der Waals surface area contributed by atoms with E-state index in [0.29, 0.717) is 30.3 Å². The van der Waals surface area contributed by atoms with Gasteiger partial charge in [-0.15, -0.1) is 0 Å². The molecular formula is C20H21ClN4O3. The van der Waals surface area contributed by atoms with Gasteiger partial charge in [-0.3, -0.25) is 4.79 Å². The summed E-state index contributed by atoms with van der Waals surface area (Å²) in [5.74, 6) is -0.301. The second kappa shape index (κ2) is 7.87. The van der Waals surface area contributed by atoms with Crippen LogP contribution in [0.2, 0.25) is 5.15 Å². The van der Waals surface area contributed by atoms with Gasteiger partial charge in [0.25, 0.3) is 5.91 Å². The highest BCUT2D eigenvalue weighted by atomic mass is 35.5. The molecule has 0 aliphatic carbocycles. The zero-order valence-corrected chi connectivity index (χ0v) is 16.2. The van der Waals surface area contributed by atoms with Crippen LogP contribution in [0.1, 0.15) is 28.0 Å². The fourth-order valence-corrected chi connectivity index (χ4v) is 3.54. The van der Waals surface area contributed by atoms with Crippen LogP contribution >= 0.6 is 11.6 Å². The van der Waals surface area contributed by atoms with E-state index in [-0.39, 0.29) is 18.6 Å². The third-order valence-electron chi connectivity index (χ3n) is 4.98.